The number of hydrogen-bond donors (Lipinski definition) is 1. The van der Waals surface area contributed by atoms with E-state index in [1.165, 1.54) is 12.3 Å². The Hall–Kier alpha value is -2.64. The van der Waals surface area contributed by atoms with Crippen LogP contribution in [0.25, 0.3) is 0 Å². The number of carbonyl (C=O) groups is 2. The molecule has 1 amide bonds. The minimum Gasteiger partial charge on any atom is -0.459 e. The van der Waals surface area contributed by atoms with Gasteiger partial charge in [-0.25, -0.2) is 0 Å². The van der Waals surface area contributed by atoms with Gasteiger partial charge in [-0.05, 0) is 12.1 Å². The quantitative estimate of drug-likeness (QED) is 0.780. The molecule has 106 valence electrons. The van der Waals surface area contributed by atoms with Crippen molar-refractivity contribution in [3.05, 3.63) is 35.9 Å². The molecule has 0 unspecified atom stereocenters. The van der Waals surface area contributed by atoms with Gasteiger partial charge in [-0.1, -0.05) is 0 Å². The topological polar surface area (TPSA) is 107 Å². The minimum absolute atomic E-state index is 0.0412. The van der Waals surface area contributed by atoms with E-state index in [1.807, 2.05) is 0 Å². The summed E-state index contributed by atoms with van der Waals surface area (Å²) in [4.78, 5) is 22.9. The second-order valence-corrected chi connectivity index (χ2v) is 3.86. The Labute approximate surface area is 114 Å². The Morgan fingerprint density at radius 1 is 1.40 bits per heavy atom. The third-order valence-corrected chi connectivity index (χ3v) is 2.28. The fourth-order valence-electron chi connectivity index (χ4n) is 1.38. The summed E-state index contributed by atoms with van der Waals surface area (Å²) in [7, 11) is 0. The van der Waals surface area contributed by atoms with Crippen LogP contribution in [-0.2, 0) is 16.1 Å². The molecule has 0 radical (unpaired) electrons. The number of aryl methyl sites for hydroxylation is 1. The molecule has 8 heteroatoms. The number of furan rings is 1. The van der Waals surface area contributed by atoms with Gasteiger partial charge in [-0.15, -0.1) is 10.2 Å². The zero-order valence-corrected chi connectivity index (χ0v) is 10.8. The highest BCUT2D eigenvalue weighted by atomic mass is 16.5. The fraction of sp³-hybridized carbons (Fsp3) is 0.333. The third-order valence-electron chi connectivity index (χ3n) is 2.28. The maximum atomic E-state index is 11.5. The summed E-state index contributed by atoms with van der Waals surface area (Å²) in [6.07, 6.45) is 1.44. The zero-order valence-electron chi connectivity index (χ0n) is 10.8. The molecule has 0 aliphatic carbocycles. The van der Waals surface area contributed by atoms with Gasteiger partial charge in [-0.2, -0.15) is 0 Å². The van der Waals surface area contributed by atoms with Gasteiger partial charge in [0.15, 0.2) is 12.4 Å². The summed E-state index contributed by atoms with van der Waals surface area (Å²) >= 11 is 0. The van der Waals surface area contributed by atoms with Crippen LogP contribution >= 0.6 is 0 Å². The Morgan fingerprint density at radius 3 is 2.90 bits per heavy atom. The van der Waals surface area contributed by atoms with E-state index in [-0.39, 0.29) is 37.1 Å². The maximum absolute atomic E-state index is 11.5. The Balaban J connectivity index is 1.64. The van der Waals surface area contributed by atoms with Crippen molar-refractivity contribution in [3.8, 4) is 0 Å². The van der Waals surface area contributed by atoms with Gasteiger partial charge in [0.2, 0.25) is 5.89 Å². The van der Waals surface area contributed by atoms with E-state index in [0.717, 1.165) is 0 Å². The van der Waals surface area contributed by atoms with Gasteiger partial charge in [-0.3, -0.25) is 9.59 Å². The van der Waals surface area contributed by atoms with Crippen LogP contribution in [0.3, 0.4) is 0 Å². The average molecular weight is 279 g/mol. The molecule has 0 bridgehead atoms. The van der Waals surface area contributed by atoms with Gasteiger partial charge in [0, 0.05) is 13.5 Å². The molecule has 0 spiro atoms. The lowest BCUT2D eigenvalue weighted by molar-refractivity contribution is -0.145. The molecule has 8 nitrogen and oxygen atoms in total. The van der Waals surface area contributed by atoms with Crippen LogP contribution in [0.4, 0.5) is 0 Å². The summed E-state index contributed by atoms with van der Waals surface area (Å²) in [5, 5.41) is 9.82. The number of nitrogens with zero attached hydrogens (tertiary/aromatic N) is 2. The van der Waals surface area contributed by atoms with Gasteiger partial charge < -0.3 is 18.9 Å². The molecule has 1 N–H and O–H groups in total. The molecule has 0 aromatic carbocycles. The molecule has 2 aromatic rings. The number of esters is 1. The number of aromatic nitrogens is 2. The molecule has 2 heterocycles. The Kier molecular flexibility index (Phi) is 4.48. The van der Waals surface area contributed by atoms with Crippen LogP contribution in [0.1, 0.15) is 28.8 Å². The summed E-state index contributed by atoms with van der Waals surface area (Å²) in [5.74, 6) is -0.0205. The van der Waals surface area contributed by atoms with Crippen molar-refractivity contribution in [1.82, 2.24) is 15.5 Å². The number of carbonyl (C=O) groups excluding carboxylic acids is 2. The largest absolute Gasteiger partial charge is 0.459 e. The first kappa shape index (κ1) is 13.8. The standard InChI is InChI=1S/C12H13N3O5/c1-8-14-15-10(20-8)7-19-11(16)4-5-13-12(17)9-3-2-6-18-9/h2-3,6H,4-5,7H2,1H3,(H,13,17). The Morgan fingerprint density at radius 2 is 2.25 bits per heavy atom. The molecule has 0 fully saturated rings. The van der Waals surface area contributed by atoms with Gasteiger partial charge in [0.05, 0.1) is 12.7 Å². The number of rotatable bonds is 6. The molecular weight excluding hydrogens is 266 g/mol. The molecule has 0 aliphatic heterocycles. The van der Waals surface area contributed by atoms with Crippen molar-refractivity contribution >= 4 is 11.9 Å². The van der Waals surface area contributed by atoms with Crippen molar-refractivity contribution in [3.63, 3.8) is 0 Å². The van der Waals surface area contributed by atoms with E-state index >= 15 is 0 Å². The van der Waals surface area contributed by atoms with Crippen molar-refractivity contribution in [2.75, 3.05) is 6.54 Å². The predicted molar refractivity (Wildman–Crippen MR) is 64.5 cm³/mol. The third kappa shape index (κ3) is 3.94. The number of amides is 1. The van der Waals surface area contributed by atoms with Crippen LogP contribution in [0, 0.1) is 6.92 Å². The SMILES string of the molecule is Cc1nnc(COC(=O)CCNC(=O)c2ccco2)o1. The summed E-state index contributed by atoms with van der Waals surface area (Å²) in [5.41, 5.74) is 0. The van der Waals surface area contributed by atoms with Crippen molar-refractivity contribution < 1.29 is 23.2 Å². The van der Waals surface area contributed by atoms with Crippen LogP contribution in [0.15, 0.2) is 27.2 Å². The first-order chi connectivity index (χ1) is 9.65. The van der Waals surface area contributed by atoms with E-state index in [1.54, 1.807) is 13.0 Å². The fourth-order valence-corrected chi connectivity index (χ4v) is 1.38. The number of nitrogens with one attached hydrogen (secondary N) is 1. The van der Waals surface area contributed by atoms with E-state index in [2.05, 4.69) is 15.5 Å². The molecule has 2 aromatic heterocycles. The summed E-state index contributed by atoms with van der Waals surface area (Å²) in [6.45, 7) is 1.72. The first-order valence-electron chi connectivity index (χ1n) is 5.91. The van der Waals surface area contributed by atoms with Crippen LogP contribution < -0.4 is 5.32 Å². The molecule has 20 heavy (non-hydrogen) atoms. The van der Waals surface area contributed by atoms with E-state index in [0.29, 0.717) is 5.89 Å². The highest BCUT2D eigenvalue weighted by molar-refractivity contribution is 5.91. The van der Waals surface area contributed by atoms with Crippen molar-refractivity contribution in [1.29, 1.82) is 0 Å². The average Bonchev–Trinajstić information content (AvgIpc) is 3.07. The van der Waals surface area contributed by atoms with E-state index in [4.69, 9.17) is 13.6 Å². The van der Waals surface area contributed by atoms with Gasteiger partial charge in [0.1, 0.15) is 0 Å². The highest BCUT2D eigenvalue weighted by Gasteiger charge is 2.10. The molecule has 0 atom stereocenters. The predicted octanol–water partition coefficient (Wildman–Crippen LogP) is 0.834. The molecule has 2 rings (SSSR count). The van der Waals surface area contributed by atoms with Crippen LogP contribution in [0.5, 0.6) is 0 Å². The molecular formula is C12H13N3O5. The lowest BCUT2D eigenvalue weighted by Gasteiger charge is -2.03. The molecule has 0 aliphatic rings. The van der Waals surface area contributed by atoms with Crippen molar-refractivity contribution in [2.45, 2.75) is 20.0 Å². The smallest absolute Gasteiger partial charge is 0.308 e. The zero-order chi connectivity index (χ0) is 14.4. The van der Waals surface area contributed by atoms with Crippen molar-refractivity contribution in [2.24, 2.45) is 0 Å². The number of hydrogen-bond acceptors (Lipinski definition) is 7. The maximum Gasteiger partial charge on any atom is 0.308 e. The Bertz CT molecular complexity index is 576. The first-order valence-corrected chi connectivity index (χ1v) is 5.91. The van der Waals surface area contributed by atoms with E-state index in [9.17, 15) is 9.59 Å². The van der Waals surface area contributed by atoms with Gasteiger partial charge >= 0.3 is 5.97 Å². The summed E-state index contributed by atoms with van der Waals surface area (Å²) < 4.78 is 14.9. The molecule has 0 saturated carbocycles. The van der Waals surface area contributed by atoms with Crippen LogP contribution in [-0.4, -0.2) is 28.6 Å². The van der Waals surface area contributed by atoms with Gasteiger partial charge in [0.25, 0.3) is 11.8 Å². The normalized spacial score (nSPS) is 10.2. The second kappa shape index (κ2) is 6.50. The minimum atomic E-state index is -0.472. The lowest BCUT2D eigenvalue weighted by atomic mass is 10.4. The van der Waals surface area contributed by atoms with Crippen LogP contribution in [0.2, 0.25) is 0 Å². The lowest BCUT2D eigenvalue weighted by Crippen LogP contribution is -2.26. The monoisotopic (exact) mass is 279 g/mol. The second-order valence-electron chi connectivity index (χ2n) is 3.86. The van der Waals surface area contributed by atoms with E-state index < -0.39 is 5.97 Å². The number of ether oxygens (including phenoxy) is 1. The molecule has 0 saturated heterocycles. The highest BCUT2D eigenvalue weighted by Crippen LogP contribution is 2.01. The summed E-state index contributed by atoms with van der Waals surface area (Å²) in [6, 6.07) is 3.14.